The van der Waals surface area contributed by atoms with Gasteiger partial charge in [-0.25, -0.2) is 4.98 Å². The molecule has 2 heterocycles. The van der Waals surface area contributed by atoms with E-state index in [0.29, 0.717) is 6.54 Å². The van der Waals surface area contributed by atoms with E-state index in [2.05, 4.69) is 32.9 Å². The highest BCUT2D eigenvalue weighted by Crippen LogP contribution is 2.22. The van der Waals surface area contributed by atoms with Crippen molar-refractivity contribution >= 4 is 15.9 Å². The molecule has 5 nitrogen and oxygen atoms in total. The maximum absolute atomic E-state index is 5.65. The van der Waals surface area contributed by atoms with Gasteiger partial charge in [0.25, 0.3) is 0 Å². The quantitative estimate of drug-likeness (QED) is 0.934. The number of nitrogens with two attached hydrogens (primary N) is 1. The van der Waals surface area contributed by atoms with Crippen LogP contribution in [-0.4, -0.2) is 19.3 Å². The number of halogens is 1. The van der Waals surface area contributed by atoms with Crippen LogP contribution in [-0.2, 0) is 19.6 Å². The normalized spacial score (nSPS) is 11.1. The number of imidazole rings is 1. The third-order valence-electron chi connectivity index (χ3n) is 2.76. The van der Waals surface area contributed by atoms with E-state index < -0.39 is 0 Å². The third kappa shape index (κ3) is 2.28. The molecule has 0 unspecified atom stereocenters. The van der Waals surface area contributed by atoms with Gasteiger partial charge in [0.1, 0.15) is 5.82 Å². The van der Waals surface area contributed by atoms with E-state index in [1.807, 2.05) is 22.4 Å². The maximum atomic E-state index is 5.65. The SMILES string of the molecule is CCn1nc(C)c(Br)c1Cn1ccnc1CN. The largest absolute Gasteiger partial charge is 0.328 e. The Morgan fingerprint density at radius 1 is 1.47 bits per heavy atom. The van der Waals surface area contributed by atoms with Crippen LogP contribution in [0.2, 0.25) is 0 Å². The van der Waals surface area contributed by atoms with Crippen LogP contribution < -0.4 is 5.73 Å². The number of aromatic nitrogens is 4. The van der Waals surface area contributed by atoms with Crippen LogP contribution in [0.25, 0.3) is 0 Å². The molecule has 0 spiro atoms. The monoisotopic (exact) mass is 297 g/mol. The van der Waals surface area contributed by atoms with Gasteiger partial charge in [-0.1, -0.05) is 0 Å². The lowest BCUT2D eigenvalue weighted by atomic mass is 10.3. The molecule has 2 aromatic heterocycles. The Kier molecular flexibility index (Phi) is 3.63. The fraction of sp³-hybridized carbons (Fsp3) is 0.455. The lowest BCUT2D eigenvalue weighted by molar-refractivity contribution is 0.587. The van der Waals surface area contributed by atoms with Crippen LogP contribution in [0.15, 0.2) is 16.9 Å². The van der Waals surface area contributed by atoms with E-state index >= 15 is 0 Å². The molecule has 0 aliphatic heterocycles. The van der Waals surface area contributed by atoms with E-state index in [0.717, 1.165) is 34.8 Å². The number of aryl methyl sites for hydroxylation is 2. The maximum Gasteiger partial charge on any atom is 0.122 e. The van der Waals surface area contributed by atoms with Crippen molar-refractivity contribution < 1.29 is 0 Å². The summed E-state index contributed by atoms with van der Waals surface area (Å²) in [5.41, 5.74) is 7.81. The molecule has 0 saturated heterocycles. The predicted octanol–water partition coefficient (Wildman–Crippen LogP) is 1.68. The van der Waals surface area contributed by atoms with Gasteiger partial charge < -0.3 is 10.3 Å². The zero-order valence-corrected chi connectivity index (χ0v) is 11.6. The van der Waals surface area contributed by atoms with Crippen molar-refractivity contribution in [3.63, 3.8) is 0 Å². The summed E-state index contributed by atoms with van der Waals surface area (Å²) in [5, 5.41) is 4.47. The fourth-order valence-corrected chi connectivity index (χ4v) is 2.26. The molecule has 2 aromatic rings. The van der Waals surface area contributed by atoms with Crippen molar-refractivity contribution in [3.8, 4) is 0 Å². The van der Waals surface area contributed by atoms with Crippen LogP contribution in [0.1, 0.15) is 24.1 Å². The Morgan fingerprint density at radius 2 is 2.24 bits per heavy atom. The van der Waals surface area contributed by atoms with Gasteiger partial charge >= 0.3 is 0 Å². The standard InChI is InChI=1S/C11H16BrN5/c1-3-17-9(11(12)8(2)15-17)7-16-5-4-14-10(16)6-13/h4-5H,3,6-7,13H2,1-2H3. The average molecular weight is 298 g/mol. The van der Waals surface area contributed by atoms with Crippen LogP contribution in [0, 0.1) is 6.92 Å². The van der Waals surface area contributed by atoms with Crippen molar-refractivity contribution in [1.29, 1.82) is 0 Å². The van der Waals surface area contributed by atoms with Gasteiger partial charge in [0.05, 0.1) is 29.0 Å². The molecule has 2 N–H and O–H groups in total. The molecule has 0 aromatic carbocycles. The van der Waals surface area contributed by atoms with Gasteiger partial charge in [0.15, 0.2) is 0 Å². The molecular formula is C11H16BrN5. The van der Waals surface area contributed by atoms with Gasteiger partial charge in [-0.3, -0.25) is 4.68 Å². The van der Waals surface area contributed by atoms with Gasteiger partial charge in [0, 0.05) is 18.9 Å². The van der Waals surface area contributed by atoms with E-state index in [9.17, 15) is 0 Å². The Morgan fingerprint density at radius 3 is 2.88 bits per heavy atom. The fourth-order valence-electron chi connectivity index (χ4n) is 1.86. The van der Waals surface area contributed by atoms with Crippen molar-refractivity contribution in [2.75, 3.05) is 0 Å². The minimum Gasteiger partial charge on any atom is -0.328 e. The molecule has 0 aliphatic rings. The Labute approximate surface area is 109 Å². The van der Waals surface area contributed by atoms with Crippen LogP contribution in [0.3, 0.4) is 0 Å². The van der Waals surface area contributed by atoms with Gasteiger partial charge in [-0.15, -0.1) is 0 Å². The highest BCUT2D eigenvalue weighted by atomic mass is 79.9. The molecule has 92 valence electrons. The molecular weight excluding hydrogens is 282 g/mol. The summed E-state index contributed by atoms with van der Waals surface area (Å²) in [4.78, 5) is 4.22. The number of rotatable bonds is 4. The topological polar surface area (TPSA) is 61.7 Å². The predicted molar refractivity (Wildman–Crippen MR) is 69.6 cm³/mol. The molecule has 0 atom stereocenters. The van der Waals surface area contributed by atoms with E-state index in [1.165, 1.54) is 0 Å². The lowest BCUT2D eigenvalue weighted by Gasteiger charge is -2.08. The van der Waals surface area contributed by atoms with Crippen molar-refractivity contribution in [2.24, 2.45) is 5.73 Å². The number of nitrogens with zero attached hydrogens (tertiary/aromatic N) is 4. The van der Waals surface area contributed by atoms with Gasteiger partial charge in [-0.2, -0.15) is 5.10 Å². The Balaban J connectivity index is 2.35. The average Bonchev–Trinajstić information content (AvgIpc) is 2.88. The van der Waals surface area contributed by atoms with Crippen molar-refractivity contribution in [1.82, 2.24) is 19.3 Å². The summed E-state index contributed by atoms with van der Waals surface area (Å²) < 4.78 is 5.11. The zero-order chi connectivity index (χ0) is 12.4. The molecule has 0 amide bonds. The second-order valence-electron chi connectivity index (χ2n) is 3.84. The number of hydrogen-bond donors (Lipinski definition) is 1. The molecule has 0 aliphatic carbocycles. The minimum absolute atomic E-state index is 0.448. The molecule has 0 radical (unpaired) electrons. The molecule has 6 heteroatoms. The minimum atomic E-state index is 0.448. The Hall–Kier alpha value is -1.14. The second-order valence-corrected chi connectivity index (χ2v) is 4.63. The summed E-state index contributed by atoms with van der Waals surface area (Å²) in [7, 11) is 0. The second kappa shape index (κ2) is 5.01. The number of hydrogen-bond acceptors (Lipinski definition) is 3. The summed E-state index contributed by atoms with van der Waals surface area (Å²) in [5.74, 6) is 0.887. The van der Waals surface area contributed by atoms with Crippen molar-refractivity contribution in [3.05, 3.63) is 34.1 Å². The van der Waals surface area contributed by atoms with Crippen LogP contribution in [0.5, 0.6) is 0 Å². The van der Waals surface area contributed by atoms with E-state index in [4.69, 9.17) is 5.73 Å². The first-order chi connectivity index (χ1) is 8.17. The Bertz CT molecular complexity index is 514. The highest BCUT2D eigenvalue weighted by molar-refractivity contribution is 9.10. The molecule has 2 rings (SSSR count). The van der Waals surface area contributed by atoms with E-state index in [1.54, 1.807) is 6.20 Å². The molecule has 17 heavy (non-hydrogen) atoms. The zero-order valence-electron chi connectivity index (χ0n) is 10.0. The van der Waals surface area contributed by atoms with E-state index in [-0.39, 0.29) is 0 Å². The summed E-state index contributed by atoms with van der Waals surface area (Å²) in [6.07, 6.45) is 3.71. The summed E-state index contributed by atoms with van der Waals surface area (Å²) in [6.45, 7) is 6.12. The smallest absolute Gasteiger partial charge is 0.122 e. The highest BCUT2D eigenvalue weighted by Gasteiger charge is 2.13. The third-order valence-corrected chi connectivity index (χ3v) is 3.79. The first-order valence-corrected chi connectivity index (χ1v) is 6.38. The summed E-state index contributed by atoms with van der Waals surface area (Å²) >= 11 is 3.59. The van der Waals surface area contributed by atoms with Crippen molar-refractivity contribution in [2.45, 2.75) is 33.5 Å². The van der Waals surface area contributed by atoms with Gasteiger partial charge in [-0.05, 0) is 29.8 Å². The lowest BCUT2D eigenvalue weighted by Crippen LogP contribution is -2.12. The molecule has 0 fully saturated rings. The first kappa shape index (κ1) is 12.3. The van der Waals surface area contributed by atoms with Crippen LogP contribution >= 0.6 is 15.9 Å². The molecule has 0 bridgehead atoms. The molecule has 0 saturated carbocycles. The summed E-state index contributed by atoms with van der Waals surface area (Å²) in [6, 6.07) is 0. The van der Waals surface area contributed by atoms with Crippen LogP contribution in [0.4, 0.5) is 0 Å². The van der Waals surface area contributed by atoms with Gasteiger partial charge in [0.2, 0.25) is 0 Å². The first-order valence-electron chi connectivity index (χ1n) is 5.59.